The topological polar surface area (TPSA) is 76.3 Å². The highest BCUT2D eigenvalue weighted by molar-refractivity contribution is 7.89. The highest BCUT2D eigenvalue weighted by atomic mass is 32.2. The summed E-state index contributed by atoms with van der Waals surface area (Å²) in [6, 6.07) is 26.5. The summed E-state index contributed by atoms with van der Waals surface area (Å²) < 4.78 is 32.8. The molecule has 8 nitrogen and oxygen atoms in total. The average molecular weight is 555 g/mol. The van der Waals surface area contributed by atoms with Gasteiger partial charge < -0.3 is 14.0 Å². The van der Waals surface area contributed by atoms with Gasteiger partial charge in [0.05, 0.1) is 24.9 Å². The first kappa shape index (κ1) is 27.4. The van der Waals surface area contributed by atoms with Gasteiger partial charge in [-0.3, -0.25) is 0 Å². The molecule has 3 aromatic carbocycles. The van der Waals surface area contributed by atoms with Crippen LogP contribution in [0.2, 0.25) is 0 Å². The van der Waals surface area contributed by atoms with Gasteiger partial charge in [-0.2, -0.15) is 4.31 Å². The number of aryl methyl sites for hydroxylation is 3. The minimum absolute atomic E-state index is 0.0500. The second-order valence-electron chi connectivity index (χ2n) is 9.97. The van der Waals surface area contributed by atoms with Crippen LogP contribution in [0.15, 0.2) is 109 Å². The van der Waals surface area contributed by atoms with Crippen LogP contribution >= 0.6 is 0 Å². The van der Waals surface area contributed by atoms with Crippen molar-refractivity contribution < 1.29 is 8.42 Å². The zero-order chi connectivity index (χ0) is 28.1. The number of rotatable bonds is 11. The first-order chi connectivity index (χ1) is 19.3. The maximum absolute atomic E-state index is 13.8. The van der Waals surface area contributed by atoms with Gasteiger partial charge in [-0.1, -0.05) is 66.7 Å². The lowest BCUT2D eigenvalue weighted by atomic mass is 10.1. The molecule has 2 heterocycles. The van der Waals surface area contributed by atoms with Crippen LogP contribution in [-0.4, -0.2) is 44.9 Å². The van der Waals surface area contributed by atoms with E-state index >= 15 is 0 Å². The smallest absolute Gasteiger partial charge is 0.262 e. The Morgan fingerprint density at radius 1 is 0.800 bits per heavy atom. The van der Waals surface area contributed by atoms with E-state index in [1.807, 2.05) is 67.2 Å². The van der Waals surface area contributed by atoms with Crippen LogP contribution in [0.3, 0.4) is 0 Å². The molecule has 0 fully saturated rings. The van der Waals surface area contributed by atoms with Crippen molar-refractivity contribution in [2.75, 3.05) is 18.0 Å². The molecule has 0 saturated carbocycles. The Hall–Kier alpha value is -4.21. The molecule has 0 N–H and O–H groups in total. The lowest BCUT2D eigenvalue weighted by molar-refractivity contribution is 0.406. The summed E-state index contributed by atoms with van der Waals surface area (Å²) >= 11 is 0. The Labute approximate surface area is 236 Å². The highest BCUT2D eigenvalue weighted by Gasteiger charge is 2.28. The number of sulfonamides is 1. The average Bonchev–Trinajstić information content (AvgIpc) is 3.59. The molecule has 9 heteroatoms. The maximum Gasteiger partial charge on any atom is 0.262 e. The third-order valence-corrected chi connectivity index (χ3v) is 8.85. The molecule has 0 radical (unpaired) electrons. The lowest BCUT2D eigenvalue weighted by Gasteiger charge is -2.29. The molecule has 5 rings (SSSR count). The molecule has 0 unspecified atom stereocenters. The standard InChI is InChI=1S/C31H34N6O2S/c1-25-9-7-8-12-28(25)20-37(40(38,39)31-22-34(2)24-33-31)18-17-36(21-30-19-32-23-35(30)3)29-15-13-27(14-16-29)26-10-5-4-6-11-26/h4-16,19,22-24H,17-18,20-21H2,1-3H3. The van der Waals surface area contributed by atoms with Crippen LogP contribution < -0.4 is 4.90 Å². The van der Waals surface area contributed by atoms with Gasteiger partial charge in [0.1, 0.15) is 0 Å². The van der Waals surface area contributed by atoms with Gasteiger partial charge in [-0.05, 0) is 41.3 Å². The molecule has 0 amide bonds. The Balaban J connectivity index is 1.45. The predicted octanol–water partition coefficient (Wildman–Crippen LogP) is 5.03. The summed E-state index contributed by atoms with van der Waals surface area (Å²) in [6.45, 7) is 3.62. The van der Waals surface area contributed by atoms with Crippen molar-refractivity contribution >= 4 is 15.7 Å². The van der Waals surface area contributed by atoms with Crippen LogP contribution in [0.1, 0.15) is 16.8 Å². The summed E-state index contributed by atoms with van der Waals surface area (Å²) in [5, 5.41) is 0.0500. The van der Waals surface area contributed by atoms with E-state index in [4.69, 9.17) is 0 Å². The van der Waals surface area contributed by atoms with Gasteiger partial charge in [0, 0.05) is 51.8 Å². The molecular formula is C31H34N6O2S. The minimum atomic E-state index is -3.83. The number of hydrogen-bond acceptors (Lipinski definition) is 5. The molecule has 40 heavy (non-hydrogen) atoms. The molecular weight excluding hydrogens is 520 g/mol. The van der Waals surface area contributed by atoms with Gasteiger partial charge in [0.15, 0.2) is 5.03 Å². The van der Waals surface area contributed by atoms with E-state index in [9.17, 15) is 8.42 Å². The number of anilines is 1. The zero-order valence-corrected chi connectivity index (χ0v) is 23.9. The Morgan fingerprint density at radius 3 is 2.15 bits per heavy atom. The largest absolute Gasteiger partial charge is 0.364 e. The zero-order valence-electron chi connectivity index (χ0n) is 23.1. The molecule has 0 spiro atoms. The van der Waals surface area contributed by atoms with Gasteiger partial charge in [0.25, 0.3) is 10.0 Å². The summed E-state index contributed by atoms with van der Waals surface area (Å²) in [5.74, 6) is 0. The van der Waals surface area contributed by atoms with Crippen molar-refractivity contribution in [1.29, 1.82) is 0 Å². The summed E-state index contributed by atoms with van der Waals surface area (Å²) in [4.78, 5) is 10.7. The van der Waals surface area contributed by atoms with Crippen LogP contribution in [0.25, 0.3) is 11.1 Å². The first-order valence-electron chi connectivity index (χ1n) is 13.2. The third-order valence-electron chi connectivity index (χ3n) is 7.12. The number of hydrogen-bond donors (Lipinski definition) is 0. The van der Waals surface area contributed by atoms with Gasteiger partial charge in [0.2, 0.25) is 0 Å². The van der Waals surface area contributed by atoms with E-state index in [1.54, 1.807) is 24.1 Å². The van der Waals surface area contributed by atoms with Gasteiger partial charge in [-0.25, -0.2) is 18.4 Å². The van der Waals surface area contributed by atoms with Crippen molar-refractivity contribution in [2.24, 2.45) is 14.1 Å². The van der Waals surface area contributed by atoms with E-state index in [0.29, 0.717) is 13.1 Å². The van der Waals surface area contributed by atoms with Crippen molar-refractivity contribution in [3.63, 3.8) is 0 Å². The Morgan fingerprint density at radius 2 is 1.50 bits per heavy atom. The monoisotopic (exact) mass is 554 g/mol. The fraction of sp³-hybridized carbons (Fsp3) is 0.226. The van der Waals surface area contributed by atoms with Crippen molar-refractivity contribution in [1.82, 2.24) is 23.4 Å². The minimum Gasteiger partial charge on any atom is -0.364 e. The number of benzene rings is 3. The number of aromatic nitrogens is 4. The Kier molecular flexibility index (Phi) is 8.14. The van der Waals surface area contributed by atoms with E-state index in [-0.39, 0.29) is 18.1 Å². The molecule has 0 aliphatic carbocycles. The summed E-state index contributed by atoms with van der Waals surface area (Å²) in [6.07, 6.45) is 6.70. The fourth-order valence-electron chi connectivity index (χ4n) is 4.68. The van der Waals surface area contributed by atoms with Crippen molar-refractivity contribution in [2.45, 2.75) is 25.0 Å². The fourth-order valence-corrected chi connectivity index (χ4v) is 6.05. The summed E-state index contributed by atoms with van der Waals surface area (Å²) in [5.41, 5.74) is 6.33. The van der Waals surface area contributed by atoms with Crippen molar-refractivity contribution in [3.8, 4) is 11.1 Å². The normalized spacial score (nSPS) is 11.7. The van der Waals surface area contributed by atoms with Gasteiger partial charge in [-0.15, -0.1) is 0 Å². The third kappa shape index (κ3) is 6.16. The maximum atomic E-state index is 13.8. The first-order valence-corrected chi connectivity index (χ1v) is 14.6. The van der Waals surface area contributed by atoms with E-state index in [0.717, 1.165) is 33.6 Å². The second-order valence-corrected chi connectivity index (χ2v) is 11.9. The van der Waals surface area contributed by atoms with Crippen LogP contribution in [0, 0.1) is 6.92 Å². The molecule has 0 atom stereocenters. The highest BCUT2D eigenvalue weighted by Crippen LogP contribution is 2.25. The van der Waals surface area contributed by atoms with Crippen LogP contribution in [0.4, 0.5) is 5.69 Å². The number of imidazole rings is 2. The molecule has 0 aliphatic rings. The molecule has 0 aliphatic heterocycles. The molecule has 206 valence electrons. The van der Waals surface area contributed by atoms with Crippen molar-refractivity contribution in [3.05, 3.63) is 121 Å². The quantitative estimate of drug-likeness (QED) is 0.229. The lowest BCUT2D eigenvalue weighted by Crippen LogP contribution is -2.38. The molecule has 5 aromatic rings. The van der Waals surface area contributed by atoms with E-state index in [2.05, 4.69) is 51.3 Å². The van der Waals surface area contributed by atoms with Crippen LogP contribution in [0.5, 0.6) is 0 Å². The van der Waals surface area contributed by atoms with E-state index < -0.39 is 10.0 Å². The van der Waals surface area contributed by atoms with E-state index in [1.165, 1.54) is 10.6 Å². The second kappa shape index (κ2) is 11.9. The summed E-state index contributed by atoms with van der Waals surface area (Å²) in [7, 11) is -0.0912. The Bertz CT molecular complexity index is 1660. The van der Waals surface area contributed by atoms with Gasteiger partial charge >= 0.3 is 0 Å². The molecule has 0 bridgehead atoms. The molecule has 0 saturated heterocycles. The molecule has 2 aromatic heterocycles. The van der Waals surface area contributed by atoms with Crippen LogP contribution in [-0.2, 0) is 37.2 Å². The SMILES string of the molecule is Cc1ccccc1CN(CCN(Cc1cncn1C)c1ccc(-c2ccccc2)cc1)S(=O)(=O)c1cn(C)cn1. The number of nitrogens with zero attached hydrogens (tertiary/aromatic N) is 6. The predicted molar refractivity (Wildman–Crippen MR) is 158 cm³/mol.